The maximum atomic E-state index is 4.49. The van der Waals surface area contributed by atoms with Crippen molar-refractivity contribution in [3.05, 3.63) is 42.2 Å². The first-order valence-corrected chi connectivity index (χ1v) is 6.82. The molecular formula is C15H22N4. The summed E-state index contributed by atoms with van der Waals surface area (Å²) in [5.41, 5.74) is 2.10. The van der Waals surface area contributed by atoms with E-state index < -0.39 is 0 Å². The van der Waals surface area contributed by atoms with E-state index in [0.29, 0.717) is 0 Å². The van der Waals surface area contributed by atoms with Gasteiger partial charge < -0.3 is 5.32 Å². The monoisotopic (exact) mass is 258 g/mol. The second kappa shape index (κ2) is 5.97. The maximum Gasteiger partial charge on any atom is 0.0969 e. The molecule has 1 heterocycles. The molecule has 4 nitrogen and oxygen atoms in total. The van der Waals surface area contributed by atoms with Crippen molar-refractivity contribution < 1.29 is 0 Å². The van der Waals surface area contributed by atoms with Crippen LogP contribution in [0.2, 0.25) is 0 Å². The molecule has 0 atom stereocenters. The van der Waals surface area contributed by atoms with E-state index in [4.69, 9.17) is 0 Å². The Kier molecular flexibility index (Phi) is 4.32. The number of benzene rings is 1. The van der Waals surface area contributed by atoms with E-state index in [1.54, 1.807) is 4.80 Å². The van der Waals surface area contributed by atoms with Crippen LogP contribution in [0.5, 0.6) is 0 Å². The number of rotatable bonds is 6. The lowest BCUT2D eigenvalue weighted by Crippen LogP contribution is -2.38. The van der Waals surface area contributed by atoms with Gasteiger partial charge in [-0.3, -0.25) is 0 Å². The van der Waals surface area contributed by atoms with Gasteiger partial charge in [0, 0.05) is 12.1 Å². The molecule has 0 bridgehead atoms. The van der Waals surface area contributed by atoms with Crippen LogP contribution in [0.1, 0.15) is 39.3 Å². The molecule has 0 fully saturated rings. The minimum absolute atomic E-state index is 0.144. The molecule has 0 spiro atoms. The molecular weight excluding hydrogens is 236 g/mol. The maximum absolute atomic E-state index is 4.49. The summed E-state index contributed by atoms with van der Waals surface area (Å²) in [4.78, 5) is 1.67. The van der Waals surface area contributed by atoms with Gasteiger partial charge in [0.2, 0.25) is 0 Å². The number of aromatic nitrogens is 3. The number of nitrogens with zero attached hydrogens (tertiary/aromatic N) is 3. The third-order valence-electron chi connectivity index (χ3n) is 3.15. The molecule has 1 N–H and O–H groups in total. The van der Waals surface area contributed by atoms with Gasteiger partial charge in [-0.1, -0.05) is 31.5 Å². The van der Waals surface area contributed by atoms with Crippen molar-refractivity contribution in [3.8, 4) is 5.69 Å². The van der Waals surface area contributed by atoms with Crippen LogP contribution < -0.4 is 5.32 Å². The molecule has 102 valence electrons. The highest BCUT2D eigenvalue weighted by Gasteiger charge is 2.16. The van der Waals surface area contributed by atoms with Crippen molar-refractivity contribution in [2.45, 2.75) is 45.7 Å². The third kappa shape index (κ3) is 3.89. The van der Waals surface area contributed by atoms with E-state index in [1.165, 1.54) is 6.42 Å². The quantitative estimate of drug-likeness (QED) is 0.866. The Labute approximate surface area is 114 Å². The Balaban J connectivity index is 1.99. The molecule has 0 aliphatic carbocycles. The zero-order valence-electron chi connectivity index (χ0n) is 11.9. The van der Waals surface area contributed by atoms with Gasteiger partial charge in [0.25, 0.3) is 0 Å². The predicted octanol–water partition coefficient (Wildman–Crippen LogP) is 2.94. The molecule has 2 aromatic rings. The van der Waals surface area contributed by atoms with Crippen LogP contribution in [0.15, 0.2) is 36.5 Å². The average Bonchev–Trinajstić information content (AvgIpc) is 2.86. The second-order valence-electron chi connectivity index (χ2n) is 5.45. The average molecular weight is 258 g/mol. The predicted molar refractivity (Wildman–Crippen MR) is 77.2 cm³/mol. The van der Waals surface area contributed by atoms with E-state index >= 15 is 0 Å². The number of para-hydroxylation sites is 1. The molecule has 19 heavy (non-hydrogen) atoms. The minimum atomic E-state index is 0.144. The summed E-state index contributed by atoms with van der Waals surface area (Å²) in [6.07, 6.45) is 4.15. The van der Waals surface area contributed by atoms with Crippen molar-refractivity contribution in [1.29, 1.82) is 0 Å². The molecule has 1 aromatic heterocycles. The smallest absolute Gasteiger partial charge is 0.0969 e. The Morgan fingerprint density at radius 1 is 1.21 bits per heavy atom. The molecule has 0 saturated heterocycles. The molecule has 0 radical (unpaired) electrons. The Morgan fingerprint density at radius 2 is 1.95 bits per heavy atom. The van der Waals surface area contributed by atoms with Crippen molar-refractivity contribution >= 4 is 0 Å². The van der Waals surface area contributed by atoms with E-state index in [-0.39, 0.29) is 5.54 Å². The Hall–Kier alpha value is -1.68. The van der Waals surface area contributed by atoms with Crippen LogP contribution in [0.25, 0.3) is 5.69 Å². The summed E-state index contributed by atoms with van der Waals surface area (Å²) in [7, 11) is 0. The van der Waals surface area contributed by atoms with E-state index in [9.17, 15) is 0 Å². The van der Waals surface area contributed by atoms with Gasteiger partial charge in [0.1, 0.15) is 0 Å². The SMILES string of the molecule is CCCC(C)(C)NCc1cnn(-c2ccccc2)n1. The van der Waals surface area contributed by atoms with Crippen LogP contribution in [-0.2, 0) is 6.54 Å². The summed E-state index contributed by atoms with van der Waals surface area (Å²) in [5, 5.41) is 12.3. The van der Waals surface area contributed by atoms with E-state index in [1.807, 2.05) is 36.5 Å². The zero-order chi connectivity index (χ0) is 13.7. The summed E-state index contributed by atoms with van der Waals surface area (Å²) < 4.78 is 0. The van der Waals surface area contributed by atoms with Gasteiger partial charge in [-0.05, 0) is 32.4 Å². The highest BCUT2D eigenvalue weighted by molar-refractivity contribution is 5.28. The van der Waals surface area contributed by atoms with Crippen molar-refractivity contribution in [1.82, 2.24) is 20.3 Å². The first-order valence-electron chi connectivity index (χ1n) is 6.82. The summed E-state index contributed by atoms with van der Waals surface area (Å²) in [6, 6.07) is 9.96. The fraction of sp³-hybridized carbons (Fsp3) is 0.467. The normalized spacial score (nSPS) is 11.7. The van der Waals surface area contributed by atoms with Crippen molar-refractivity contribution in [3.63, 3.8) is 0 Å². The topological polar surface area (TPSA) is 42.7 Å². The van der Waals surface area contributed by atoms with E-state index in [0.717, 1.165) is 24.3 Å². The van der Waals surface area contributed by atoms with Crippen LogP contribution >= 0.6 is 0 Å². The molecule has 0 unspecified atom stereocenters. The Bertz CT molecular complexity index is 502. The van der Waals surface area contributed by atoms with Crippen LogP contribution in [0.4, 0.5) is 0 Å². The molecule has 0 amide bonds. The molecule has 0 aliphatic rings. The molecule has 1 aromatic carbocycles. The minimum Gasteiger partial charge on any atom is -0.306 e. The van der Waals surface area contributed by atoms with Gasteiger partial charge in [0.15, 0.2) is 0 Å². The van der Waals surface area contributed by atoms with Gasteiger partial charge in [-0.25, -0.2) is 0 Å². The van der Waals surface area contributed by atoms with E-state index in [2.05, 4.69) is 36.3 Å². The lowest BCUT2D eigenvalue weighted by Gasteiger charge is -2.25. The van der Waals surface area contributed by atoms with Crippen LogP contribution in [0.3, 0.4) is 0 Å². The molecule has 4 heteroatoms. The Morgan fingerprint density at radius 3 is 2.63 bits per heavy atom. The lowest BCUT2D eigenvalue weighted by molar-refractivity contribution is 0.354. The number of hydrogen-bond donors (Lipinski definition) is 1. The van der Waals surface area contributed by atoms with Crippen LogP contribution in [-0.4, -0.2) is 20.5 Å². The van der Waals surface area contributed by atoms with Gasteiger partial charge in [0.05, 0.1) is 17.6 Å². The lowest BCUT2D eigenvalue weighted by atomic mass is 9.99. The molecule has 0 saturated carbocycles. The highest BCUT2D eigenvalue weighted by Crippen LogP contribution is 2.11. The summed E-state index contributed by atoms with van der Waals surface area (Å²) in [6.45, 7) is 7.39. The summed E-state index contributed by atoms with van der Waals surface area (Å²) >= 11 is 0. The number of hydrogen-bond acceptors (Lipinski definition) is 3. The number of nitrogens with one attached hydrogen (secondary N) is 1. The van der Waals surface area contributed by atoms with Crippen LogP contribution in [0, 0.1) is 0 Å². The first-order chi connectivity index (χ1) is 9.11. The van der Waals surface area contributed by atoms with Gasteiger partial charge >= 0.3 is 0 Å². The fourth-order valence-corrected chi connectivity index (χ4v) is 2.10. The largest absolute Gasteiger partial charge is 0.306 e. The third-order valence-corrected chi connectivity index (χ3v) is 3.15. The molecule has 0 aliphatic heterocycles. The highest BCUT2D eigenvalue weighted by atomic mass is 15.5. The fourth-order valence-electron chi connectivity index (χ4n) is 2.10. The summed E-state index contributed by atoms with van der Waals surface area (Å²) in [5.74, 6) is 0. The second-order valence-corrected chi connectivity index (χ2v) is 5.45. The standard InChI is InChI=1S/C15H22N4/c1-4-10-15(2,3)16-11-13-12-17-19(18-13)14-8-6-5-7-9-14/h5-9,12,16H,4,10-11H2,1-3H3. The molecule has 2 rings (SSSR count). The zero-order valence-corrected chi connectivity index (χ0v) is 11.9. The van der Waals surface area contributed by atoms with Gasteiger partial charge in [-0.2, -0.15) is 15.0 Å². The van der Waals surface area contributed by atoms with Crippen molar-refractivity contribution in [2.24, 2.45) is 0 Å². The van der Waals surface area contributed by atoms with Crippen molar-refractivity contribution in [2.75, 3.05) is 0 Å². The van der Waals surface area contributed by atoms with Gasteiger partial charge in [-0.15, -0.1) is 0 Å². The first kappa shape index (κ1) is 13.7.